The highest BCUT2D eigenvalue weighted by Crippen LogP contribution is 2.41. The van der Waals surface area contributed by atoms with E-state index < -0.39 is 0 Å². The maximum Gasteiger partial charge on any atom is 0.210 e. The van der Waals surface area contributed by atoms with Gasteiger partial charge in [0.1, 0.15) is 11.5 Å². The monoisotopic (exact) mass is 246 g/mol. The van der Waals surface area contributed by atoms with Crippen LogP contribution in [0.15, 0.2) is 30.0 Å². The molecule has 2 saturated heterocycles. The highest BCUT2D eigenvalue weighted by molar-refractivity contribution is 5.53. The predicted molar refractivity (Wildman–Crippen MR) is 69.2 cm³/mol. The lowest BCUT2D eigenvalue weighted by Crippen LogP contribution is -2.24. The van der Waals surface area contributed by atoms with Gasteiger partial charge in [-0.15, -0.1) is 0 Å². The van der Waals surface area contributed by atoms with Crippen LogP contribution in [-0.2, 0) is 9.47 Å². The fourth-order valence-corrected chi connectivity index (χ4v) is 2.59. The highest BCUT2D eigenvalue weighted by Gasteiger charge is 2.42. The van der Waals surface area contributed by atoms with Crippen LogP contribution in [0.3, 0.4) is 0 Å². The Labute approximate surface area is 107 Å². The molecule has 1 unspecified atom stereocenters. The molecule has 18 heavy (non-hydrogen) atoms. The van der Waals surface area contributed by atoms with Crippen LogP contribution in [0.5, 0.6) is 5.75 Å². The molecule has 1 aromatic rings. The van der Waals surface area contributed by atoms with Crippen molar-refractivity contribution >= 4 is 6.08 Å². The number of rotatable bonds is 2. The van der Waals surface area contributed by atoms with Crippen molar-refractivity contribution in [2.75, 3.05) is 13.7 Å². The summed E-state index contributed by atoms with van der Waals surface area (Å²) >= 11 is 0. The van der Waals surface area contributed by atoms with Gasteiger partial charge in [0, 0.05) is 19.3 Å². The number of hydrogen-bond acceptors (Lipinski definition) is 3. The topological polar surface area (TPSA) is 27.7 Å². The summed E-state index contributed by atoms with van der Waals surface area (Å²) in [4.78, 5) is 0. The molecule has 3 nitrogen and oxygen atoms in total. The summed E-state index contributed by atoms with van der Waals surface area (Å²) in [5, 5.41) is 0. The zero-order valence-electron chi connectivity index (χ0n) is 10.6. The lowest BCUT2D eigenvalue weighted by Gasteiger charge is -2.21. The molecule has 2 aliphatic heterocycles. The van der Waals surface area contributed by atoms with E-state index in [1.54, 1.807) is 7.11 Å². The van der Waals surface area contributed by atoms with E-state index in [-0.39, 0.29) is 5.79 Å². The van der Waals surface area contributed by atoms with Gasteiger partial charge in [0.2, 0.25) is 5.79 Å². The number of ether oxygens (including phenoxy) is 3. The summed E-state index contributed by atoms with van der Waals surface area (Å²) < 4.78 is 16.8. The fraction of sp³-hybridized carbons (Fsp3) is 0.467. The van der Waals surface area contributed by atoms with E-state index in [1.165, 1.54) is 0 Å². The Kier molecular flexibility index (Phi) is 3.00. The first-order chi connectivity index (χ1) is 8.80. The molecule has 0 radical (unpaired) electrons. The van der Waals surface area contributed by atoms with Gasteiger partial charge in [-0.3, -0.25) is 0 Å². The van der Waals surface area contributed by atoms with Crippen molar-refractivity contribution in [1.29, 1.82) is 0 Å². The van der Waals surface area contributed by atoms with Gasteiger partial charge in [-0.25, -0.2) is 0 Å². The summed E-state index contributed by atoms with van der Waals surface area (Å²) in [5.41, 5.74) is 1.14. The van der Waals surface area contributed by atoms with Crippen molar-refractivity contribution in [1.82, 2.24) is 0 Å². The van der Waals surface area contributed by atoms with Crippen LogP contribution >= 0.6 is 0 Å². The number of hydrogen-bond donors (Lipinski definition) is 0. The van der Waals surface area contributed by atoms with Gasteiger partial charge in [-0.05, 0) is 30.2 Å². The molecule has 0 amide bonds. The Morgan fingerprint density at radius 2 is 2.06 bits per heavy atom. The van der Waals surface area contributed by atoms with Crippen molar-refractivity contribution < 1.29 is 14.2 Å². The van der Waals surface area contributed by atoms with Crippen LogP contribution in [0.4, 0.5) is 0 Å². The Morgan fingerprint density at radius 3 is 2.72 bits per heavy atom. The molecule has 0 aromatic heterocycles. The van der Waals surface area contributed by atoms with E-state index >= 15 is 0 Å². The highest BCUT2D eigenvalue weighted by atomic mass is 16.7. The Morgan fingerprint density at radius 1 is 1.22 bits per heavy atom. The molecule has 2 fully saturated rings. The normalized spacial score (nSPS) is 28.8. The molecule has 0 N–H and O–H groups in total. The fourth-order valence-electron chi connectivity index (χ4n) is 2.59. The van der Waals surface area contributed by atoms with Crippen LogP contribution in [0.2, 0.25) is 0 Å². The zero-order chi connectivity index (χ0) is 12.4. The largest absolute Gasteiger partial charge is 0.497 e. The second-order valence-corrected chi connectivity index (χ2v) is 4.85. The third-order valence-electron chi connectivity index (χ3n) is 3.58. The van der Waals surface area contributed by atoms with Crippen LogP contribution in [-0.4, -0.2) is 19.5 Å². The first-order valence-electron chi connectivity index (χ1n) is 6.47. The average Bonchev–Trinajstić information content (AvgIpc) is 3.02. The smallest absolute Gasteiger partial charge is 0.210 e. The average molecular weight is 246 g/mol. The van der Waals surface area contributed by atoms with E-state index in [4.69, 9.17) is 14.2 Å². The summed E-state index contributed by atoms with van der Waals surface area (Å²) in [7, 11) is 1.68. The second kappa shape index (κ2) is 4.65. The van der Waals surface area contributed by atoms with E-state index in [0.29, 0.717) is 0 Å². The van der Waals surface area contributed by atoms with Crippen LogP contribution in [0.25, 0.3) is 6.08 Å². The van der Waals surface area contributed by atoms with Crippen LogP contribution in [0, 0.1) is 0 Å². The molecular weight excluding hydrogens is 228 g/mol. The molecule has 0 saturated carbocycles. The maximum atomic E-state index is 5.98. The van der Waals surface area contributed by atoms with E-state index in [1.807, 2.05) is 24.3 Å². The van der Waals surface area contributed by atoms with Crippen molar-refractivity contribution in [2.45, 2.75) is 31.5 Å². The minimum Gasteiger partial charge on any atom is -0.497 e. The van der Waals surface area contributed by atoms with E-state index in [0.717, 1.165) is 49.4 Å². The zero-order valence-corrected chi connectivity index (χ0v) is 10.6. The Balaban J connectivity index is 1.72. The minimum atomic E-state index is -0.307. The minimum absolute atomic E-state index is 0.307. The predicted octanol–water partition coefficient (Wildman–Crippen LogP) is 3.35. The summed E-state index contributed by atoms with van der Waals surface area (Å²) in [6, 6.07) is 8.00. The van der Waals surface area contributed by atoms with Crippen LogP contribution in [0.1, 0.15) is 31.2 Å². The molecule has 1 spiro atoms. The maximum absolute atomic E-state index is 5.98. The van der Waals surface area contributed by atoms with Gasteiger partial charge in [0.25, 0.3) is 0 Å². The molecule has 0 bridgehead atoms. The van der Waals surface area contributed by atoms with Crippen molar-refractivity contribution in [3.8, 4) is 5.75 Å². The van der Waals surface area contributed by atoms with Crippen molar-refractivity contribution in [3.63, 3.8) is 0 Å². The lowest BCUT2D eigenvalue weighted by molar-refractivity contribution is -0.161. The van der Waals surface area contributed by atoms with Gasteiger partial charge in [-0.2, -0.15) is 0 Å². The van der Waals surface area contributed by atoms with Crippen molar-refractivity contribution in [3.05, 3.63) is 35.6 Å². The molecule has 2 heterocycles. The Bertz CT molecular complexity index is 441. The van der Waals surface area contributed by atoms with E-state index in [9.17, 15) is 0 Å². The second-order valence-electron chi connectivity index (χ2n) is 4.85. The van der Waals surface area contributed by atoms with Gasteiger partial charge in [0.05, 0.1) is 13.7 Å². The quantitative estimate of drug-likeness (QED) is 0.801. The standard InChI is InChI=1S/C15H18O3/c1-16-13-5-3-12(4-6-13)11-14-7-9-15(18-14)8-2-10-17-15/h3-6,11H,2,7-10H2,1H3. The summed E-state index contributed by atoms with van der Waals surface area (Å²) in [6.07, 6.45) is 6.17. The van der Waals surface area contributed by atoms with E-state index in [2.05, 4.69) is 6.08 Å². The SMILES string of the molecule is COc1ccc(C=C2CCC3(CCCO3)O2)cc1. The third-order valence-corrected chi connectivity index (χ3v) is 3.58. The lowest BCUT2D eigenvalue weighted by atomic mass is 10.1. The van der Waals surface area contributed by atoms with Gasteiger partial charge in [-0.1, -0.05) is 12.1 Å². The first-order valence-corrected chi connectivity index (χ1v) is 6.47. The first kappa shape index (κ1) is 11.6. The molecule has 1 atom stereocenters. The van der Waals surface area contributed by atoms with Gasteiger partial charge in [0.15, 0.2) is 0 Å². The third kappa shape index (κ3) is 2.23. The molecule has 2 aliphatic rings. The molecule has 96 valence electrons. The number of methoxy groups -OCH3 is 1. The van der Waals surface area contributed by atoms with Gasteiger partial charge >= 0.3 is 0 Å². The van der Waals surface area contributed by atoms with Gasteiger partial charge < -0.3 is 14.2 Å². The van der Waals surface area contributed by atoms with Crippen LogP contribution < -0.4 is 4.74 Å². The molecule has 1 aromatic carbocycles. The van der Waals surface area contributed by atoms with Crippen molar-refractivity contribution in [2.24, 2.45) is 0 Å². The molecule has 0 aliphatic carbocycles. The number of benzene rings is 1. The molecular formula is C15H18O3. The summed E-state index contributed by atoms with van der Waals surface area (Å²) in [5.74, 6) is 1.60. The molecule has 3 rings (SSSR count). The number of allylic oxidation sites excluding steroid dienone is 1. The molecule has 3 heteroatoms. The summed E-state index contributed by atoms with van der Waals surface area (Å²) in [6.45, 7) is 0.829. The Hall–Kier alpha value is -1.48.